The van der Waals surface area contributed by atoms with E-state index < -0.39 is 59.1 Å². The second-order valence-corrected chi connectivity index (χ2v) is 9.13. The standard InChI is InChI=1S/C23H20ClF8N5O2/c1-3-9-37-16(15(22(27,28)29)17(35-37)21(25,26)23(30,31)32)19(39)36(4-2)12-5-6-14(24)13(10-12)18(38)34-20(11-33)7-8-20/h5-6,10H,3-4,7-9H2,1-2H3,(H,34,38). The maximum atomic E-state index is 14.2. The molecule has 0 unspecified atom stereocenters. The molecule has 1 aromatic carbocycles. The zero-order chi connectivity index (χ0) is 29.6. The third-order valence-electron chi connectivity index (χ3n) is 5.91. The highest BCUT2D eigenvalue weighted by Gasteiger charge is 2.64. The SMILES string of the molecule is CCCn1nc(C(F)(F)C(F)(F)F)c(C(F)(F)F)c1C(=O)N(CC)c1ccc(Cl)c(C(=O)NC2(C#N)CC2)c1. The summed E-state index contributed by atoms with van der Waals surface area (Å²) >= 11 is 6.08. The summed E-state index contributed by atoms with van der Waals surface area (Å²) in [6, 6.07) is 5.25. The first-order valence-electron chi connectivity index (χ1n) is 11.4. The van der Waals surface area contributed by atoms with Crippen molar-refractivity contribution in [1.29, 1.82) is 5.26 Å². The molecule has 0 spiro atoms. The van der Waals surface area contributed by atoms with Gasteiger partial charge in [0, 0.05) is 18.8 Å². The molecule has 3 rings (SSSR count). The van der Waals surface area contributed by atoms with Gasteiger partial charge in [0.25, 0.3) is 11.8 Å². The molecule has 1 N–H and O–H groups in total. The first-order valence-corrected chi connectivity index (χ1v) is 11.8. The number of rotatable bonds is 8. The normalized spacial score (nSPS) is 15.0. The van der Waals surface area contributed by atoms with Crippen LogP contribution in [0.25, 0.3) is 0 Å². The van der Waals surface area contributed by atoms with Crippen LogP contribution in [-0.4, -0.2) is 39.9 Å². The van der Waals surface area contributed by atoms with Crippen LogP contribution in [0, 0.1) is 11.3 Å². The number of nitrogens with zero attached hydrogens (tertiary/aromatic N) is 4. The number of carbonyl (C=O) groups is 2. The van der Waals surface area contributed by atoms with E-state index in [1.54, 1.807) is 0 Å². The number of benzene rings is 1. The third kappa shape index (κ3) is 5.66. The van der Waals surface area contributed by atoms with Crippen molar-refractivity contribution < 1.29 is 44.7 Å². The molecular weight excluding hydrogens is 566 g/mol. The van der Waals surface area contributed by atoms with Gasteiger partial charge in [-0.25, -0.2) is 0 Å². The number of anilines is 1. The van der Waals surface area contributed by atoms with Gasteiger partial charge in [0.05, 0.1) is 16.7 Å². The number of halogens is 9. The Hall–Kier alpha value is -3.41. The average molecular weight is 586 g/mol. The smallest absolute Gasteiger partial charge is 0.334 e. The fourth-order valence-corrected chi connectivity index (χ4v) is 3.98. The van der Waals surface area contributed by atoms with Gasteiger partial charge in [0.15, 0.2) is 5.69 Å². The molecule has 1 aliphatic carbocycles. The Balaban J connectivity index is 2.17. The molecule has 0 saturated heterocycles. The maximum absolute atomic E-state index is 14.2. The third-order valence-corrected chi connectivity index (χ3v) is 6.24. The lowest BCUT2D eigenvalue weighted by Crippen LogP contribution is -2.37. The van der Waals surface area contributed by atoms with Crippen LogP contribution in [0.2, 0.25) is 5.02 Å². The quantitative estimate of drug-likeness (QED) is 0.381. The van der Waals surface area contributed by atoms with Gasteiger partial charge >= 0.3 is 18.3 Å². The number of nitriles is 1. The lowest BCUT2D eigenvalue weighted by Gasteiger charge is -2.24. The van der Waals surface area contributed by atoms with Crippen LogP contribution < -0.4 is 10.2 Å². The Bertz CT molecular complexity index is 1330. The van der Waals surface area contributed by atoms with Crippen molar-refractivity contribution in [2.45, 2.75) is 63.5 Å². The molecule has 1 aliphatic rings. The molecule has 0 bridgehead atoms. The summed E-state index contributed by atoms with van der Waals surface area (Å²) in [4.78, 5) is 26.8. The molecular formula is C23H20ClF8N5O2. The van der Waals surface area contributed by atoms with Gasteiger partial charge in [-0.1, -0.05) is 18.5 Å². The van der Waals surface area contributed by atoms with Gasteiger partial charge in [-0.3, -0.25) is 14.3 Å². The fraction of sp³-hybridized carbons (Fsp3) is 0.478. The molecule has 212 valence electrons. The second kappa shape index (κ2) is 10.3. The Morgan fingerprint density at radius 2 is 1.77 bits per heavy atom. The summed E-state index contributed by atoms with van der Waals surface area (Å²) in [5.41, 5.74) is -8.24. The Morgan fingerprint density at radius 1 is 1.15 bits per heavy atom. The molecule has 7 nitrogen and oxygen atoms in total. The minimum Gasteiger partial charge on any atom is -0.334 e. The summed E-state index contributed by atoms with van der Waals surface area (Å²) in [7, 11) is 0. The van der Waals surface area contributed by atoms with Crippen LogP contribution in [0.1, 0.15) is 65.2 Å². The largest absolute Gasteiger partial charge is 0.459 e. The number of hydrogen-bond donors (Lipinski definition) is 1. The zero-order valence-electron chi connectivity index (χ0n) is 20.3. The predicted octanol–water partition coefficient (Wildman–Crippen LogP) is 6.07. The lowest BCUT2D eigenvalue weighted by molar-refractivity contribution is -0.292. The number of hydrogen-bond acceptors (Lipinski definition) is 4. The van der Waals surface area contributed by atoms with Gasteiger partial charge in [0.2, 0.25) is 0 Å². The van der Waals surface area contributed by atoms with E-state index in [0.717, 1.165) is 18.2 Å². The van der Waals surface area contributed by atoms with E-state index in [1.165, 1.54) is 13.8 Å². The van der Waals surface area contributed by atoms with Crippen LogP contribution in [-0.2, 0) is 18.6 Å². The van der Waals surface area contributed by atoms with Gasteiger partial charge in [-0.2, -0.15) is 45.5 Å². The fourth-order valence-electron chi connectivity index (χ4n) is 3.78. The molecule has 2 aromatic rings. The second-order valence-electron chi connectivity index (χ2n) is 8.73. The molecule has 0 radical (unpaired) electrons. The van der Waals surface area contributed by atoms with Crippen molar-refractivity contribution in [3.05, 3.63) is 45.7 Å². The van der Waals surface area contributed by atoms with Crippen molar-refractivity contribution in [3.63, 3.8) is 0 Å². The molecule has 0 atom stereocenters. The number of nitrogens with one attached hydrogen (secondary N) is 1. The number of aromatic nitrogens is 2. The summed E-state index contributed by atoms with van der Waals surface area (Å²) in [6.07, 6.45) is -11.6. The zero-order valence-corrected chi connectivity index (χ0v) is 21.0. The summed E-state index contributed by atoms with van der Waals surface area (Å²) < 4.78 is 110. The van der Waals surface area contributed by atoms with E-state index >= 15 is 0 Å². The minimum atomic E-state index is -6.43. The highest BCUT2D eigenvalue weighted by atomic mass is 35.5. The highest BCUT2D eigenvalue weighted by molar-refractivity contribution is 6.34. The van der Waals surface area contributed by atoms with Crippen molar-refractivity contribution in [2.75, 3.05) is 11.4 Å². The van der Waals surface area contributed by atoms with Crippen LogP contribution in [0.4, 0.5) is 40.8 Å². The summed E-state index contributed by atoms with van der Waals surface area (Å²) in [6.45, 7) is 1.73. The number of carbonyl (C=O) groups excluding carboxylic acids is 2. The van der Waals surface area contributed by atoms with Gasteiger partial charge < -0.3 is 10.2 Å². The van der Waals surface area contributed by atoms with E-state index in [2.05, 4.69) is 10.4 Å². The van der Waals surface area contributed by atoms with Crippen molar-refractivity contribution in [3.8, 4) is 6.07 Å². The first kappa shape index (κ1) is 30.1. The molecule has 1 saturated carbocycles. The minimum absolute atomic E-state index is 0.0612. The van der Waals surface area contributed by atoms with E-state index in [4.69, 9.17) is 11.6 Å². The number of amides is 2. The molecule has 1 heterocycles. The molecule has 1 aromatic heterocycles. The number of alkyl halides is 8. The number of aryl methyl sites for hydroxylation is 1. The Kier molecular flexibility index (Phi) is 7.95. The van der Waals surface area contributed by atoms with Crippen molar-refractivity contribution in [1.82, 2.24) is 15.1 Å². The van der Waals surface area contributed by atoms with E-state index in [-0.39, 0.29) is 33.9 Å². The van der Waals surface area contributed by atoms with E-state index in [9.17, 15) is 50.0 Å². The van der Waals surface area contributed by atoms with Crippen LogP contribution >= 0.6 is 11.6 Å². The molecule has 1 fully saturated rings. The van der Waals surface area contributed by atoms with Crippen molar-refractivity contribution >= 4 is 29.1 Å². The van der Waals surface area contributed by atoms with E-state index in [0.29, 0.717) is 17.7 Å². The molecule has 0 aliphatic heterocycles. The van der Waals surface area contributed by atoms with E-state index in [1.807, 2.05) is 6.07 Å². The van der Waals surface area contributed by atoms with Gasteiger partial charge in [-0.05, 0) is 44.4 Å². The monoisotopic (exact) mass is 585 g/mol. The Labute approximate surface area is 221 Å². The topological polar surface area (TPSA) is 91.0 Å². The van der Waals surface area contributed by atoms with Gasteiger partial charge in [-0.15, -0.1) is 0 Å². The lowest BCUT2D eigenvalue weighted by atomic mass is 10.1. The van der Waals surface area contributed by atoms with Crippen molar-refractivity contribution in [2.24, 2.45) is 0 Å². The van der Waals surface area contributed by atoms with Crippen LogP contribution in [0.5, 0.6) is 0 Å². The van der Waals surface area contributed by atoms with Gasteiger partial charge in [0.1, 0.15) is 16.8 Å². The molecule has 2 amide bonds. The first-order chi connectivity index (χ1) is 17.9. The average Bonchev–Trinajstić information content (AvgIpc) is 3.48. The van der Waals surface area contributed by atoms with Crippen LogP contribution in [0.3, 0.4) is 0 Å². The predicted molar refractivity (Wildman–Crippen MR) is 121 cm³/mol. The summed E-state index contributed by atoms with van der Waals surface area (Å²) in [5, 5.41) is 14.4. The molecule has 16 heteroatoms. The Morgan fingerprint density at radius 3 is 2.23 bits per heavy atom. The summed E-state index contributed by atoms with van der Waals surface area (Å²) in [5.74, 6) is -8.42. The molecule has 39 heavy (non-hydrogen) atoms. The van der Waals surface area contributed by atoms with Crippen LogP contribution in [0.15, 0.2) is 18.2 Å². The maximum Gasteiger partial charge on any atom is 0.459 e. The highest BCUT2D eigenvalue weighted by Crippen LogP contribution is 2.49.